The first-order chi connectivity index (χ1) is 5.62. The van der Waals surface area contributed by atoms with E-state index in [1.165, 1.54) is 0 Å². The van der Waals surface area contributed by atoms with Crippen LogP contribution in [0.25, 0.3) is 0 Å². The average molecular weight is 496 g/mol. The summed E-state index contributed by atoms with van der Waals surface area (Å²) < 4.78 is 0. The van der Waals surface area contributed by atoms with Gasteiger partial charge in [0, 0.05) is 0 Å². The monoisotopic (exact) mass is 493 g/mol. The van der Waals surface area contributed by atoms with E-state index < -0.39 is 9.23 Å². The van der Waals surface area contributed by atoms with E-state index in [1.54, 1.807) is 0 Å². The Balaban J connectivity index is 2.67. The molecule has 2 unspecified atom stereocenters. The van der Waals surface area contributed by atoms with Crippen molar-refractivity contribution < 1.29 is 0 Å². The standard InChI is InChI=1S/C6H11Br4NSe/c7-1-5-3-11-4-6(2-8)12(5,9)10/h5-6,11H,1-4H2. The number of rotatable bonds is 2. The van der Waals surface area contributed by atoms with Crippen LogP contribution in [0, 0.1) is 0 Å². The van der Waals surface area contributed by atoms with E-state index in [0.717, 1.165) is 33.4 Å². The molecule has 1 fully saturated rings. The van der Waals surface area contributed by atoms with Crippen molar-refractivity contribution in [2.24, 2.45) is 0 Å². The molecule has 0 radical (unpaired) electrons. The van der Waals surface area contributed by atoms with E-state index >= 15 is 0 Å². The van der Waals surface area contributed by atoms with Crippen molar-refractivity contribution in [3.05, 3.63) is 0 Å². The SMILES string of the molecule is BrCC1CNCC(CBr)[Se]1(Br)Br. The number of nitrogens with one attached hydrogen (secondary N) is 1. The van der Waals surface area contributed by atoms with Crippen LogP contribution in [0.4, 0.5) is 0 Å². The minimum atomic E-state index is -1.56. The van der Waals surface area contributed by atoms with Gasteiger partial charge in [-0.15, -0.1) is 0 Å². The molecule has 0 aromatic carbocycles. The molecule has 0 aliphatic carbocycles. The number of hydrogen-bond acceptors (Lipinski definition) is 1. The van der Waals surface area contributed by atoms with Gasteiger partial charge in [0.15, 0.2) is 0 Å². The normalized spacial score (nSPS) is 37.7. The van der Waals surface area contributed by atoms with E-state index in [1.807, 2.05) is 0 Å². The molecular formula is C6H11Br4NSe. The second-order valence-corrected chi connectivity index (χ2v) is 24.8. The summed E-state index contributed by atoms with van der Waals surface area (Å²) in [5, 5.41) is 5.63. The van der Waals surface area contributed by atoms with E-state index in [0.29, 0.717) is 0 Å². The van der Waals surface area contributed by atoms with Crippen molar-refractivity contribution in [2.45, 2.75) is 9.63 Å². The third-order valence-corrected chi connectivity index (χ3v) is 21.6. The zero-order chi connectivity index (χ0) is 9.19. The van der Waals surface area contributed by atoms with Crippen LogP contribution in [-0.4, -0.2) is 33.0 Å². The molecule has 0 spiro atoms. The molecule has 1 saturated heterocycles. The van der Waals surface area contributed by atoms with Crippen molar-refractivity contribution in [3.63, 3.8) is 0 Å². The molecule has 6 heteroatoms. The van der Waals surface area contributed by atoms with Crippen molar-refractivity contribution in [3.8, 4) is 0 Å². The van der Waals surface area contributed by atoms with Crippen molar-refractivity contribution in [1.29, 1.82) is 0 Å². The Labute approximate surface area is 107 Å². The molecule has 0 aromatic rings. The molecule has 1 aliphatic rings. The van der Waals surface area contributed by atoms with Gasteiger partial charge in [0.05, 0.1) is 0 Å². The Hall–Kier alpha value is 2.40. The van der Waals surface area contributed by atoms with E-state index in [9.17, 15) is 0 Å². The molecule has 1 heterocycles. The van der Waals surface area contributed by atoms with Crippen molar-refractivity contribution >= 4 is 69.3 Å². The van der Waals surface area contributed by atoms with Gasteiger partial charge >= 0.3 is 108 Å². The van der Waals surface area contributed by atoms with Gasteiger partial charge in [-0.25, -0.2) is 0 Å². The summed E-state index contributed by atoms with van der Waals surface area (Å²) in [5.41, 5.74) is 0. The van der Waals surface area contributed by atoms with Crippen LogP contribution < -0.4 is 5.32 Å². The molecule has 0 aromatic heterocycles. The quantitative estimate of drug-likeness (QED) is 0.458. The van der Waals surface area contributed by atoms with Gasteiger partial charge in [-0.1, -0.05) is 0 Å². The predicted molar refractivity (Wildman–Crippen MR) is 71.6 cm³/mol. The predicted octanol–water partition coefficient (Wildman–Crippen LogP) is 3.35. The van der Waals surface area contributed by atoms with Crippen molar-refractivity contribution in [2.75, 3.05) is 23.7 Å². The summed E-state index contributed by atoms with van der Waals surface area (Å²) in [5.74, 6) is 0. The summed E-state index contributed by atoms with van der Waals surface area (Å²) >= 11 is 15.0. The molecular weight excluding hydrogens is 485 g/mol. The Morgan fingerprint density at radius 3 is 1.83 bits per heavy atom. The van der Waals surface area contributed by atoms with E-state index in [4.69, 9.17) is 0 Å². The molecule has 1 aliphatic heterocycles. The fraction of sp³-hybridized carbons (Fsp3) is 1.00. The first-order valence-corrected chi connectivity index (χ1v) is 15.9. The Bertz CT molecular complexity index is 140. The summed E-state index contributed by atoms with van der Waals surface area (Å²) in [4.78, 5) is 1.50. The Morgan fingerprint density at radius 1 is 1.08 bits per heavy atom. The zero-order valence-corrected chi connectivity index (χ0v) is 14.5. The van der Waals surface area contributed by atoms with Crippen molar-refractivity contribution in [1.82, 2.24) is 5.32 Å². The minimum absolute atomic E-state index is 0.748. The van der Waals surface area contributed by atoms with Gasteiger partial charge in [0.1, 0.15) is 0 Å². The second kappa shape index (κ2) is 5.47. The van der Waals surface area contributed by atoms with E-state index in [2.05, 4.69) is 65.4 Å². The average Bonchev–Trinajstić information content (AvgIpc) is 2.03. The van der Waals surface area contributed by atoms with Crippen LogP contribution in [-0.2, 0) is 0 Å². The molecule has 1 N–H and O–H groups in total. The summed E-state index contributed by atoms with van der Waals surface area (Å²) in [7, 11) is -1.56. The van der Waals surface area contributed by atoms with Crippen LogP contribution in [0.1, 0.15) is 0 Å². The number of alkyl halides is 2. The third kappa shape index (κ3) is 2.71. The molecule has 1 nitrogen and oxygen atoms in total. The number of hydrogen-bond donors (Lipinski definition) is 1. The van der Waals surface area contributed by atoms with Crippen LogP contribution in [0.2, 0.25) is 9.63 Å². The second-order valence-electron chi connectivity index (χ2n) is 2.76. The van der Waals surface area contributed by atoms with Gasteiger partial charge < -0.3 is 0 Å². The van der Waals surface area contributed by atoms with Gasteiger partial charge in [-0.05, 0) is 0 Å². The van der Waals surface area contributed by atoms with Gasteiger partial charge in [0.25, 0.3) is 0 Å². The molecule has 0 saturated carbocycles. The molecule has 1 rings (SSSR count). The van der Waals surface area contributed by atoms with Gasteiger partial charge in [0.2, 0.25) is 0 Å². The molecule has 0 bridgehead atoms. The Kier molecular flexibility index (Phi) is 5.69. The van der Waals surface area contributed by atoms with Crippen LogP contribution in [0.5, 0.6) is 0 Å². The number of halogens is 4. The summed E-state index contributed by atoms with van der Waals surface area (Å²) in [6, 6.07) is 0. The summed E-state index contributed by atoms with van der Waals surface area (Å²) in [6.07, 6.45) is 0. The Morgan fingerprint density at radius 2 is 1.50 bits per heavy atom. The van der Waals surface area contributed by atoms with Crippen LogP contribution >= 0.6 is 60.1 Å². The fourth-order valence-electron chi connectivity index (χ4n) is 1.18. The van der Waals surface area contributed by atoms with Gasteiger partial charge in [-0.2, -0.15) is 0 Å². The first-order valence-electron chi connectivity index (χ1n) is 3.65. The summed E-state index contributed by atoms with van der Waals surface area (Å²) in [6.45, 7) is 2.26. The third-order valence-electron chi connectivity index (χ3n) is 1.98. The van der Waals surface area contributed by atoms with Crippen LogP contribution in [0.3, 0.4) is 0 Å². The molecule has 12 heavy (non-hydrogen) atoms. The fourth-order valence-corrected chi connectivity index (χ4v) is 22.1. The molecule has 0 amide bonds. The maximum atomic E-state index is 3.92. The van der Waals surface area contributed by atoms with Gasteiger partial charge in [-0.3, -0.25) is 0 Å². The zero-order valence-electron chi connectivity index (χ0n) is 6.40. The molecule has 2 atom stereocenters. The maximum absolute atomic E-state index is 3.92. The van der Waals surface area contributed by atoms with Crippen LogP contribution in [0.15, 0.2) is 0 Å². The van der Waals surface area contributed by atoms with E-state index in [-0.39, 0.29) is 0 Å². The topological polar surface area (TPSA) is 12.0 Å². The first kappa shape index (κ1) is 12.5. The molecule has 74 valence electrons.